The van der Waals surface area contributed by atoms with E-state index in [9.17, 15) is 4.79 Å². The van der Waals surface area contributed by atoms with Crippen LogP contribution in [0.5, 0.6) is 17.2 Å². The van der Waals surface area contributed by atoms with Crippen LogP contribution in [0.2, 0.25) is 0 Å². The van der Waals surface area contributed by atoms with Crippen LogP contribution in [0, 0.1) is 13.8 Å². The normalized spacial score (nSPS) is 16.0. The van der Waals surface area contributed by atoms with E-state index in [4.69, 9.17) is 18.7 Å². The number of amides is 1. The van der Waals surface area contributed by atoms with Gasteiger partial charge in [0.1, 0.15) is 0 Å². The number of carbonyl (C=O) groups is 1. The Labute approximate surface area is 180 Å². The molecule has 4 rings (SSSR count). The number of ether oxygens (including phenoxy) is 3. The van der Waals surface area contributed by atoms with Crippen molar-refractivity contribution in [3.63, 3.8) is 0 Å². The lowest BCUT2D eigenvalue weighted by Crippen LogP contribution is -2.24. The first-order valence-corrected chi connectivity index (χ1v) is 9.96. The summed E-state index contributed by atoms with van der Waals surface area (Å²) in [6.45, 7) is 4.55. The van der Waals surface area contributed by atoms with E-state index < -0.39 is 0 Å². The van der Waals surface area contributed by atoms with Crippen molar-refractivity contribution in [2.24, 2.45) is 0 Å². The lowest BCUT2D eigenvalue weighted by molar-refractivity contribution is -0.117. The minimum atomic E-state index is -0.170. The third-order valence-electron chi connectivity index (χ3n) is 5.36. The maximum absolute atomic E-state index is 12.7. The molecule has 8 nitrogen and oxygen atoms in total. The van der Waals surface area contributed by atoms with Crippen molar-refractivity contribution >= 4 is 11.6 Å². The molecule has 0 unspecified atom stereocenters. The Hall–Kier alpha value is -3.55. The molecule has 2 aromatic carbocycles. The summed E-state index contributed by atoms with van der Waals surface area (Å²) < 4.78 is 21.7. The molecule has 0 spiro atoms. The maximum atomic E-state index is 12.7. The average Bonchev–Trinajstić information content (AvgIpc) is 3.38. The molecule has 0 aliphatic carbocycles. The van der Waals surface area contributed by atoms with Crippen LogP contribution < -0.4 is 19.1 Å². The smallest absolute Gasteiger partial charge is 0.232 e. The van der Waals surface area contributed by atoms with Crippen molar-refractivity contribution in [3.8, 4) is 28.6 Å². The molecule has 31 heavy (non-hydrogen) atoms. The highest BCUT2D eigenvalue weighted by Gasteiger charge is 2.35. The molecule has 0 saturated carbocycles. The Morgan fingerprint density at radius 3 is 2.19 bits per heavy atom. The Morgan fingerprint density at radius 2 is 1.61 bits per heavy atom. The fraction of sp³-hybridized carbons (Fsp3) is 0.348. The molecular formula is C23H25N3O5. The van der Waals surface area contributed by atoms with E-state index in [1.54, 1.807) is 38.4 Å². The molecule has 162 valence electrons. The number of hydrogen-bond donors (Lipinski definition) is 0. The fourth-order valence-electron chi connectivity index (χ4n) is 3.96. The van der Waals surface area contributed by atoms with Gasteiger partial charge in [0.2, 0.25) is 23.4 Å². The number of carbonyl (C=O) groups excluding carboxylic acids is 1. The van der Waals surface area contributed by atoms with E-state index in [1.165, 1.54) is 0 Å². The van der Waals surface area contributed by atoms with Gasteiger partial charge in [-0.15, -0.1) is 0 Å². The van der Waals surface area contributed by atoms with Gasteiger partial charge < -0.3 is 23.6 Å². The Morgan fingerprint density at radius 1 is 0.968 bits per heavy atom. The van der Waals surface area contributed by atoms with Crippen LogP contribution in [0.3, 0.4) is 0 Å². The van der Waals surface area contributed by atoms with Crippen molar-refractivity contribution in [2.45, 2.75) is 26.2 Å². The van der Waals surface area contributed by atoms with Crippen molar-refractivity contribution in [3.05, 3.63) is 47.3 Å². The Kier molecular flexibility index (Phi) is 5.54. The van der Waals surface area contributed by atoms with Crippen LogP contribution in [0.25, 0.3) is 11.4 Å². The predicted molar refractivity (Wildman–Crippen MR) is 115 cm³/mol. The molecule has 0 N–H and O–H groups in total. The van der Waals surface area contributed by atoms with Crippen molar-refractivity contribution in [1.29, 1.82) is 0 Å². The van der Waals surface area contributed by atoms with Gasteiger partial charge in [-0.2, -0.15) is 4.98 Å². The molecule has 1 aliphatic heterocycles. The molecule has 0 radical (unpaired) electrons. The minimum Gasteiger partial charge on any atom is -0.493 e. The number of nitrogens with zero attached hydrogens (tertiary/aromatic N) is 3. The summed E-state index contributed by atoms with van der Waals surface area (Å²) in [5, 5.41) is 4.12. The SMILES string of the molecule is COc1cc(-c2noc([C@H]3CC(=O)N(c4cc(C)cc(C)c4)C3)n2)cc(OC)c1OC. The maximum Gasteiger partial charge on any atom is 0.232 e. The summed E-state index contributed by atoms with van der Waals surface area (Å²) in [6, 6.07) is 9.64. The van der Waals surface area contributed by atoms with Gasteiger partial charge in [0, 0.05) is 24.2 Å². The lowest BCUT2D eigenvalue weighted by Gasteiger charge is -2.17. The van der Waals surface area contributed by atoms with Gasteiger partial charge in [0.15, 0.2) is 11.5 Å². The van der Waals surface area contributed by atoms with E-state index in [0.29, 0.717) is 47.5 Å². The number of benzene rings is 2. The molecule has 1 saturated heterocycles. The molecule has 0 bridgehead atoms. The molecule has 8 heteroatoms. The monoisotopic (exact) mass is 423 g/mol. The first-order chi connectivity index (χ1) is 14.9. The van der Waals surface area contributed by atoms with Crippen LogP contribution in [-0.4, -0.2) is 43.9 Å². The number of anilines is 1. The first-order valence-electron chi connectivity index (χ1n) is 9.96. The molecule has 3 aromatic rings. The molecule has 1 amide bonds. The largest absolute Gasteiger partial charge is 0.493 e. The molecule has 1 atom stereocenters. The van der Waals surface area contributed by atoms with Crippen LogP contribution in [0.4, 0.5) is 5.69 Å². The number of rotatable bonds is 6. The fourth-order valence-corrected chi connectivity index (χ4v) is 3.96. The number of hydrogen-bond acceptors (Lipinski definition) is 7. The number of aromatic nitrogens is 2. The van der Waals surface area contributed by atoms with Crippen molar-refractivity contribution in [1.82, 2.24) is 10.1 Å². The van der Waals surface area contributed by atoms with Gasteiger partial charge in [-0.1, -0.05) is 11.2 Å². The van der Waals surface area contributed by atoms with Crippen molar-refractivity contribution < 1.29 is 23.5 Å². The summed E-state index contributed by atoms with van der Waals surface area (Å²) in [4.78, 5) is 19.0. The summed E-state index contributed by atoms with van der Waals surface area (Å²) in [5.74, 6) is 2.19. The summed E-state index contributed by atoms with van der Waals surface area (Å²) in [7, 11) is 4.65. The van der Waals surface area contributed by atoms with Crippen LogP contribution in [0.15, 0.2) is 34.9 Å². The second kappa shape index (κ2) is 8.29. The highest BCUT2D eigenvalue weighted by atomic mass is 16.5. The predicted octanol–water partition coefficient (Wildman–Crippen LogP) is 3.90. The quantitative estimate of drug-likeness (QED) is 0.594. The standard InChI is InChI=1S/C23H25N3O5/c1-13-6-14(2)8-17(7-13)26-12-16(11-20(26)27)23-24-22(25-31-23)15-9-18(28-3)21(30-5)19(10-15)29-4/h6-10,16H,11-12H2,1-5H3/t16-/m0/s1. The molecule has 1 fully saturated rings. The first kappa shape index (κ1) is 20.7. The van der Waals surface area contributed by atoms with E-state index >= 15 is 0 Å². The van der Waals surface area contributed by atoms with Crippen LogP contribution >= 0.6 is 0 Å². The Bertz CT molecular complexity index is 1080. The van der Waals surface area contributed by atoms with E-state index in [1.807, 2.05) is 26.0 Å². The summed E-state index contributed by atoms with van der Waals surface area (Å²) in [5.41, 5.74) is 3.80. The van der Waals surface area contributed by atoms with Gasteiger partial charge in [0.25, 0.3) is 0 Å². The van der Waals surface area contributed by atoms with Crippen molar-refractivity contribution in [2.75, 3.05) is 32.8 Å². The van der Waals surface area contributed by atoms with Crippen LogP contribution in [0.1, 0.15) is 29.4 Å². The third kappa shape index (κ3) is 3.93. The lowest BCUT2D eigenvalue weighted by atomic mass is 10.1. The van der Waals surface area contributed by atoms with Gasteiger partial charge >= 0.3 is 0 Å². The summed E-state index contributed by atoms with van der Waals surface area (Å²) in [6.07, 6.45) is 0.323. The van der Waals surface area contributed by atoms with Crippen LogP contribution in [-0.2, 0) is 4.79 Å². The zero-order valence-corrected chi connectivity index (χ0v) is 18.3. The van der Waals surface area contributed by atoms with E-state index in [0.717, 1.165) is 16.8 Å². The highest BCUT2D eigenvalue weighted by molar-refractivity contribution is 5.96. The molecule has 1 aliphatic rings. The average molecular weight is 423 g/mol. The summed E-state index contributed by atoms with van der Waals surface area (Å²) >= 11 is 0. The minimum absolute atomic E-state index is 0.0440. The zero-order chi connectivity index (χ0) is 22.1. The zero-order valence-electron chi connectivity index (χ0n) is 18.3. The second-order valence-electron chi connectivity index (χ2n) is 7.62. The number of aryl methyl sites for hydroxylation is 2. The topological polar surface area (TPSA) is 86.9 Å². The van der Waals surface area contributed by atoms with Gasteiger partial charge in [-0.05, 0) is 49.2 Å². The van der Waals surface area contributed by atoms with Gasteiger partial charge in [0.05, 0.1) is 27.2 Å². The third-order valence-corrected chi connectivity index (χ3v) is 5.36. The van der Waals surface area contributed by atoms with Gasteiger partial charge in [-0.25, -0.2) is 0 Å². The molecular weight excluding hydrogens is 398 g/mol. The second-order valence-corrected chi connectivity index (χ2v) is 7.62. The molecule has 1 aromatic heterocycles. The van der Waals surface area contributed by atoms with E-state index in [2.05, 4.69) is 16.2 Å². The van der Waals surface area contributed by atoms with E-state index in [-0.39, 0.29) is 11.8 Å². The Balaban J connectivity index is 1.60. The highest BCUT2D eigenvalue weighted by Crippen LogP contribution is 2.41. The number of methoxy groups -OCH3 is 3. The molecule has 2 heterocycles. The van der Waals surface area contributed by atoms with Gasteiger partial charge in [-0.3, -0.25) is 4.79 Å².